The van der Waals surface area contributed by atoms with E-state index in [-0.39, 0.29) is 5.84 Å². The summed E-state index contributed by atoms with van der Waals surface area (Å²) in [6.07, 6.45) is 2.36. The van der Waals surface area contributed by atoms with Crippen LogP contribution in [-0.2, 0) is 6.54 Å². The Bertz CT molecular complexity index is 365. The zero-order chi connectivity index (χ0) is 13.4. The molecular formula is C13H22N4O. The highest BCUT2D eigenvalue weighted by Crippen LogP contribution is 2.06. The van der Waals surface area contributed by atoms with Gasteiger partial charge in [0.1, 0.15) is 5.84 Å². The molecule has 0 aliphatic heterocycles. The van der Waals surface area contributed by atoms with E-state index in [1.165, 1.54) is 0 Å². The van der Waals surface area contributed by atoms with Crippen LogP contribution in [0.4, 0.5) is 0 Å². The van der Waals surface area contributed by atoms with Crippen molar-refractivity contribution >= 4 is 5.84 Å². The van der Waals surface area contributed by atoms with Crippen molar-refractivity contribution in [1.82, 2.24) is 9.88 Å². The largest absolute Gasteiger partial charge is 0.409 e. The highest BCUT2D eigenvalue weighted by molar-refractivity contribution is 5.79. The second-order valence-corrected chi connectivity index (χ2v) is 4.79. The molecule has 1 rings (SSSR count). The van der Waals surface area contributed by atoms with Gasteiger partial charge < -0.3 is 10.9 Å². The number of amidine groups is 1. The number of pyridine rings is 1. The molecule has 100 valence electrons. The van der Waals surface area contributed by atoms with E-state index in [0.717, 1.165) is 25.3 Å². The number of hydrogen-bond donors (Lipinski definition) is 2. The van der Waals surface area contributed by atoms with Gasteiger partial charge in [-0.05, 0) is 18.1 Å². The molecule has 5 heteroatoms. The Morgan fingerprint density at radius 2 is 2.28 bits per heavy atom. The van der Waals surface area contributed by atoms with Crippen molar-refractivity contribution in [1.29, 1.82) is 0 Å². The molecule has 1 heterocycles. The highest BCUT2D eigenvalue weighted by Gasteiger charge is 2.09. The lowest BCUT2D eigenvalue weighted by Crippen LogP contribution is -2.31. The van der Waals surface area contributed by atoms with E-state index in [2.05, 4.69) is 28.9 Å². The first-order valence-corrected chi connectivity index (χ1v) is 6.20. The smallest absolute Gasteiger partial charge is 0.140 e. The summed E-state index contributed by atoms with van der Waals surface area (Å²) in [4.78, 5) is 6.59. The van der Waals surface area contributed by atoms with E-state index in [4.69, 9.17) is 10.9 Å². The van der Waals surface area contributed by atoms with Crippen molar-refractivity contribution in [2.75, 3.05) is 13.1 Å². The van der Waals surface area contributed by atoms with Crippen LogP contribution in [0.2, 0.25) is 0 Å². The Morgan fingerprint density at radius 3 is 2.83 bits per heavy atom. The molecule has 0 amide bonds. The number of rotatable bonds is 7. The Kier molecular flexibility index (Phi) is 6.14. The molecule has 0 aromatic carbocycles. The number of nitrogens with two attached hydrogens (primary N) is 1. The van der Waals surface area contributed by atoms with Gasteiger partial charge in [0, 0.05) is 32.3 Å². The van der Waals surface area contributed by atoms with Crippen molar-refractivity contribution in [3.8, 4) is 0 Å². The topological polar surface area (TPSA) is 74.7 Å². The summed E-state index contributed by atoms with van der Waals surface area (Å²) in [6, 6.07) is 5.91. The molecule has 5 nitrogen and oxygen atoms in total. The Labute approximate surface area is 108 Å². The van der Waals surface area contributed by atoms with Crippen LogP contribution in [0.5, 0.6) is 0 Å². The van der Waals surface area contributed by atoms with E-state index in [9.17, 15) is 0 Å². The minimum Gasteiger partial charge on any atom is -0.409 e. The second kappa shape index (κ2) is 7.66. The van der Waals surface area contributed by atoms with Gasteiger partial charge in [0.25, 0.3) is 0 Å². The van der Waals surface area contributed by atoms with Crippen molar-refractivity contribution in [2.45, 2.75) is 26.8 Å². The van der Waals surface area contributed by atoms with Crippen LogP contribution in [0.1, 0.15) is 26.0 Å². The van der Waals surface area contributed by atoms with E-state index in [0.29, 0.717) is 12.3 Å². The van der Waals surface area contributed by atoms with E-state index in [1.54, 1.807) is 6.20 Å². The van der Waals surface area contributed by atoms with E-state index in [1.807, 2.05) is 18.2 Å². The zero-order valence-corrected chi connectivity index (χ0v) is 11.1. The maximum absolute atomic E-state index is 8.55. The Morgan fingerprint density at radius 1 is 1.50 bits per heavy atom. The molecule has 0 aliphatic carbocycles. The Balaban J connectivity index is 2.55. The van der Waals surface area contributed by atoms with Crippen molar-refractivity contribution < 1.29 is 5.21 Å². The fourth-order valence-electron chi connectivity index (χ4n) is 1.79. The van der Waals surface area contributed by atoms with Crippen LogP contribution in [0.25, 0.3) is 0 Å². The van der Waals surface area contributed by atoms with Gasteiger partial charge in [-0.2, -0.15) is 0 Å². The van der Waals surface area contributed by atoms with Gasteiger partial charge in [0.15, 0.2) is 0 Å². The predicted molar refractivity (Wildman–Crippen MR) is 72.4 cm³/mol. The molecule has 0 saturated carbocycles. The third-order valence-corrected chi connectivity index (χ3v) is 2.55. The van der Waals surface area contributed by atoms with Crippen molar-refractivity contribution in [2.24, 2.45) is 16.8 Å². The predicted octanol–water partition coefficient (Wildman–Crippen LogP) is 1.68. The molecule has 0 fully saturated rings. The van der Waals surface area contributed by atoms with Crippen LogP contribution < -0.4 is 5.73 Å². The summed E-state index contributed by atoms with van der Waals surface area (Å²) >= 11 is 0. The second-order valence-electron chi connectivity index (χ2n) is 4.79. The third-order valence-electron chi connectivity index (χ3n) is 2.55. The fourth-order valence-corrected chi connectivity index (χ4v) is 1.79. The lowest BCUT2D eigenvalue weighted by molar-refractivity contribution is 0.238. The van der Waals surface area contributed by atoms with Crippen molar-refractivity contribution in [3.05, 3.63) is 30.1 Å². The molecule has 1 aromatic heterocycles. The normalized spacial score (nSPS) is 12.3. The van der Waals surface area contributed by atoms with Gasteiger partial charge in [-0.25, -0.2) is 0 Å². The SMILES string of the molecule is CC(C)CN(CCC(N)=NO)Cc1ccccn1. The summed E-state index contributed by atoms with van der Waals surface area (Å²) < 4.78 is 0. The van der Waals surface area contributed by atoms with Crippen LogP contribution in [0.15, 0.2) is 29.6 Å². The van der Waals surface area contributed by atoms with Gasteiger partial charge in [-0.15, -0.1) is 0 Å². The molecule has 0 spiro atoms. The fraction of sp³-hybridized carbons (Fsp3) is 0.538. The molecule has 1 aromatic rings. The standard InChI is InChI=1S/C13H22N4O/c1-11(2)9-17(8-6-13(14)16-18)10-12-5-3-4-7-15-12/h3-5,7,11,18H,6,8-10H2,1-2H3,(H2,14,16). The van der Waals surface area contributed by atoms with Gasteiger partial charge in [-0.3, -0.25) is 9.88 Å². The van der Waals surface area contributed by atoms with Gasteiger partial charge in [0.05, 0.1) is 5.69 Å². The first kappa shape index (κ1) is 14.4. The summed E-state index contributed by atoms with van der Waals surface area (Å²) in [6.45, 7) is 6.88. The number of oxime groups is 1. The summed E-state index contributed by atoms with van der Waals surface area (Å²) in [7, 11) is 0. The third kappa shape index (κ3) is 5.63. The lowest BCUT2D eigenvalue weighted by atomic mass is 10.2. The van der Waals surface area contributed by atoms with E-state index < -0.39 is 0 Å². The highest BCUT2D eigenvalue weighted by atomic mass is 16.4. The Hall–Kier alpha value is -1.62. The average Bonchev–Trinajstić information content (AvgIpc) is 2.36. The molecule has 0 atom stereocenters. The summed E-state index contributed by atoms with van der Waals surface area (Å²) in [5, 5.41) is 11.6. The van der Waals surface area contributed by atoms with Gasteiger partial charge >= 0.3 is 0 Å². The number of nitrogens with zero attached hydrogens (tertiary/aromatic N) is 3. The molecule has 0 unspecified atom stereocenters. The number of hydrogen-bond acceptors (Lipinski definition) is 4. The molecule has 0 radical (unpaired) electrons. The minimum absolute atomic E-state index is 0.268. The summed E-state index contributed by atoms with van der Waals surface area (Å²) in [5.41, 5.74) is 6.54. The van der Waals surface area contributed by atoms with Gasteiger partial charge in [0.2, 0.25) is 0 Å². The molecule has 3 N–H and O–H groups in total. The quantitative estimate of drug-likeness (QED) is 0.334. The van der Waals surface area contributed by atoms with Gasteiger partial charge in [-0.1, -0.05) is 25.1 Å². The molecule has 0 bridgehead atoms. The lowest BCUT2D eigenvalue weighted by Gasteiger charge is -2.23. The average molecular weight is 250 g/mol. The van der Waals surface area contributed by atoms with Crippen LogP contribution in [0, 0.1) is 5.92 Å². The number of aromatic nitrogens is 1. The first-order valence-electron chi connectivity index (χ1n) is 6.20. The summed E-state index contributed by atoms with van der Waals surface area (Å²) in [5.74, 6) is 0.839. The van der Waals surface area contributed by atoms with Crippen LogP contribution >= 0.6 is 0 Å². The maximum Gasteiger partial charge on any atom is 0.140 e. The zero-order valence-electron chi connectivity index (χ0n) is 11.1. The maximum atomic E-state index is 8.55. The molecule has 0 aliphatic rings. The molecular weight excluding hydrogens is 228 g/mol. The molecule has 0 saturated heterocycles. The van der Waals surface area contributed by atoms with Crippen LogP contribution in [0.3, 0.4) is 0 Å². The van der Waals surface area contributed by atoms with Crippen LogP contribution in [-0.4, -0.2) is 34.0 Å². The molecule has 18 heavy (non-hydrogen) atoms. The first-order chi connectivity index (χ1) is 8.61. The van der Waals surface area contributed by atoms with Crippen molar-refractivity contribution in [3.63, 3.8) is 0 Å². The van der Waals surface area contributed by atoms with E-state index >= 15 is 0 Å². The monoisotopic (exact) mass is 250 g/mol. The minimum atomic E-state index is 0.268.